The van der Waals surface area contributed by atoms with Crippen molar-refractivity contribution in [3.05, 3.63) is 36.4 Å². The second kappa shape index (κ2) is 4.81. The highest BCUT2D eigenvalue weighted by Crippen LogP contribution is 2.43. The van der Waals surface area contributed by atoms with Gasteiger partial charge in [-0.3, -0.25) is 4.79 Å². The van der Waals surface area contributed by atoms with Gasteiger partial charge in [-0.15, -0.1) is 11.8 Å². The van der Waals surface area contributed by atoms with Crippen LogP contribution >= 0.6 is 11.8 Å². The molecule has 2 aliphatic rings. The summed E-state index contributed by atoms with van der Waals surface area (Å²) in [5.41, 5.74) is 0.915. The number of thioether (sulfide) groups is 1. The minimum Gasteiger partial charge on any atom is -0.326 e. The van der Waals surface area contributed by atoms with Crippen LogP contribution in [0.1, 0.15) is 12.8 Å². The van der Waals surface area contributed by atoms with Crippen LogP contribution in [0.2, 0.25) is 0 Å². The van der Waals surface area contributed by atoms with Gasteiger partial charge >= 0.3 is 0 Å². The Bertz CT molecular complexity index is 497. The summed E-state index contributed by atoms with van der Waals surface area (Å²) in [6.07, 6.45) is 8.72. The van der Waals surface area contributed by atoms with Gasteiger partial charge in [0.05, 0.1) is 0 Å². The topological polar surface area (TPSA) is 29.1 Å². The monoisotopic (exact) mass is 259 g/mol. The fourth-order valence-electron chi connectivity index (χ4n) is 3.02. The van der Waals surface area contributed by atoms with Gasteiger partial charge in [0.2, 0.25) is 5.91 Å². The van der Waals surface area contributed by atoms with Crippen LogP contribution in [-0.4, -0.2) is 12.2 Å². The molecule has 0 saturated heterocycles. The molecule has 18 heavy (non-hydrogen) atoms. The maximum Gasteiger partial charge on any atom is 0.228 e. The first kappa shape index (κ1) is 11.8. The molecule has 1 fully saturated rings. The first-order valence-electron chi connectivity index (χ1n) is 6.39. The molecule has 1 aromatic rings. The van der Waals surface area contributed by atoms with E-state index in [2.05, 4.69) is 23.5 Å². The first-order valence-corrected chi connectivity index (χ1v) is 7.62. The summed E-state index contributed by atoms with van der Waals surface area (Å²) >= 11 is 1.69. The molecular weight excluding hydrogens is 242 g/mol. The van der Waals surface area contributed by atoms with Crippen LogP contribution in [0.5, 0.6) is 0 Å². The van der Waals surface area contributed by atoms with E-state index in [4.69, 9.17) is 0 Å². The maximum absolute atomic E-state index is 12.3. The highest BCUT2D eigenvalue weighted by Gasteiger charge is 2.39. The van der Waals surface area contributed by atoms with Crippen LogP contribution in [-0.2, 0) is 4.79 Å². The predicted octanol–water partition coefficient (Wildman–Crippen LogP) is 3.56. The van der Waals surface area contributed by atoms with E-state index in [0.717, 1.165) is 12.1 Å². The van der Waals surface area contributed by atoms with Gasteiger partial charge in [-0.25, -0.2) is 0 Å². The van der Waals surface area contributed by atoms with Crippen LogP contribution in [0.3, 0.4) is 0 Å². The van der Waals surface area contributed by atoms with E-state index in [0.29, 0.717) is 11.8 Å². The average Bonchev–Trinajstić information content (AvgIpc) is 3.01. The predicted molar refractivity (Wildman–Crippen MR) is 75.7 cm³/mol. The minimum absolute atomic E-state index is 0.179. The first-order chi connectivity index (χ1) is 8.76. The molecule has 3 heteroatoms. The summed E-state index contributed by atoms with van der Waals surface area (Å²) in [4.78, 5) is 13.4. The highest BCUT2D eigenvalue weighted by atomic mass is 32.2. The van der Waals surface area contributed by atoms with Crippen LogP contribution in [0.4, 0.5) is 5.69 Å². The van der Waals surface area contributed by atoms with Crippen LogP contribution in [0, 0.1) is 17.8 Å². The maximum atomic E-state index is 12.3. The summed E-state index contributed by atoms with van der Waals surface area (Å²) in [6.45, 7) is 0. The lowest BCUT2D eigenvalue weighted by Crippen LogP contribution is -2.25. The Hall–Kier alpha value is -1.22. The fraction of sp³-hybridized carbons (Fsp3) is 0.400. The zero-order valence-electron chi connectivity index (χ0n) is 10.4. The Morgan fingerprint density at radius 2 is 2.22 bits per heavy atom. The zero-order chi connectivity index (χ0) is 12.5. The van der Waals surface area contributed by atoms with Gasteiger partial charge in [0.25, 0.3) is 0 Å². The molecule has 0 aliphatic heterocycles. The summed E-state index contributed by atoms with van der Waals surface area (Å²) < 4.78 is 0. The molecule has 2 aliphatic carbocycles. The summed E-state index contributed by atoms with van der Waals surface area (Å²) in [7, 11) is 0. The van der Waals surface area contributed by atoms with Crippen LogP contribution in [0.25, 0.3) is 0 Å². The Balaban J connectivity index is 1.69. The molecule has 0 unspecified atom stereocenters. The van der Waals surface area contributed by atoms with Gasteiger partial charge in [-0.1, -0.05) is 18.2 Å². The third kappa shape index (κ3) is 2.19. The van der Waals surface area contributed by atoms with Gasteiger partial charge in [0.15, 0.2) is 0 Å². The van der Waals surface area contributed by atoms with Crippen molar-refractivity contribution in [3.63, 3.8) is 0 Å². The molecule has 1 saturated carbocycles. The number of nitrogens with one attached hydrogen (secondary N) is 1. The molecule has 3 rings (SSSR count). The smallest absolute Gasteiger partial charge is 0.228 e. The summed E-state index contributed by atoms with van der Waals surface area (Å²) in [5.74, 6) is 1.48. The van der Waals surface area contributed by atoms with Crippen molar-refractivity contribution in [1.29, 1.82) is 0 Å². The van der Waals surface area contributed by atoms with E-state index in [1.807, 2.05) is 24.5 Å². The van der Waals surface area contributed by atoms with E-state index >= 15 is 0 Å². The number of rotatable bonds is 3. The molecule has 1 aromatic carbocycles. The van der Waals surface area contributed by atoms with Crippen molar-refractivity contribution in [2.75, 3.05) is 11.6 Å². The minimum atomic E-state index is 0.179. The largest absolute Gasteiger partial charge is 0.326 e. The second-order valence-electron chi connectivity index (χ2n) is 5.11. The van der Waals surface area contributed by atoms with Crippen molar-refractivity contribution in [2.24, 2.45) is 17.8 Å². The van der Waals surface area contributed by atoms with E-state index in [1.54, 1.807) is 11.8 Å². The number of hydrogen-bond acceptors (Lipinski definition) is 2. The lowest BCUT2D eigenvalue weighted by molar-refractivity contribution is -0.120. The van der Waals surface area contributed by atoms with E-state index in [-0.39, 0.29) is 11.8 Å². The average molecular weight is 259 g/mol. The van der Waals surface area contributed by atoms with Crippen molar-refractivity contribution in [2.45, 2.75) is 17.7 Å². The van der Waals surface area contributed by atoms with E-state index in [1.165, 1.54) is 11.3 Å². The second-order valence-corrected chi connectivity index (χ2v) is 5.99. The van der Waals surface area contributed by atoms with Gasteiger partial charge in [0.1, 0.15) is 0 Å². The molecule has 1 amide bonds. The van der Waals surface area contributed by atoms with Crippen LogP contribution < -0.4 is 5.32 Å². The Labute approximate surface area is 112 Å². The lowest BCUT2D eigenvalue weighted by Gasteiger charge is -2.17. The van der Waals surface area contributed by atoms with E-state index < -0.39 is 0 Å². The Kier molecular flexibility index (Phi) is 3.16. The quantitative estimate of drug-likeness (QED) is 0.664. The molecule has 2 nitrogen and oxygen atoms in total. The van der Waals surface area contributed by atoms with Gasteiger partial charge in [-0.05, 0) is 49.1 Å². The molecule has 0 heterocycles. The summed E-state index contributed by atoms with van der Waals surface area (Å²) in [6, 6.07) is 8.04. The Morgan fingerprint density at radius 3 is 2.89 bits per heavy atom. The Morgan fingerprint density at radius 1 is 1.33 bits per heavy atom. The van der Waals surface area contributed by atoms with Gasteiger partial charge in [0, 0.05) is 16.5 Å². The number of anilines is 1. The van der Waals surface area contributed by atoms with Crippen molar-refractivity contribution in [3.8, 4) is 0 Å². The molecule has 0 radical (unpaired) electrons. The number of fused-ring (bicyclic) bond motifs is 2. The zero-order valence-corrected chi connectivity index (χ0v) is 11.2. The van der Waals surface area contributed by atoms with Crippen molar-refractivity contribution < 1.29 is 4.79 Å². The molecule has 1 N–H and O–H groups in total. The molecule has 2 bridgehead atoms. The number of allylic oxidation sites excluding steroid dienone is 2. The van der Waals surface area contributed by atoms with Crippen molar-refractivity contribution in [1.82, 2.24) is 0 Å². The standard InChI is InChI=1S/C15H17NOS/c1-18-13-4-2-3-12(9-13)16-15(17)14-8-10-5-6-11(14)7-10/h2-6,9-11,14H,7-8H2,1H3,(H,16,17)/t10-,11-,14+/m0/s1. The highest BCUT2D eigenvalue weighted by molar-refractivity contribution is 7.98. The molecular formula is C15H17NOS. The third-order valence-electron chi connectivity index (χ3n) is 3.95. The van der Waals surface area contributed by atoms with Gasteiger partial charge < -0.3 is 5.32 Å². The molecule has 3 atom stereocenters. The number of hydrogen-bond donors (Lipinski definition) is 1. The molecule has 94 valence electrons. The normalized spacial score (nSPS) is 28.6. The lowest BCUT2D eigenvalue weighted by atomic mass is 9.93. The van der Waals surface area contributed by atoms with Crippen LogP contribution in [0.15, 0.2) is 41.3 Å². The molecule has 0 spiro atoms. The van der Waals surface area contributed by atoms with E-state index in [9.17, 15) is 4.79 Å². The third-order valence-corrected chi connectivity index (χ3v) is 4.68. The number of carbonyl (C=O) groups excluding carboxylic acids is 1. The SMILES string of the molecule is CSc1cccc(NC(=O)[C@@H]2C[C@H]3C=C[C@H]2C3)c1. The number of carbonyl (C=O) groups is 1. The fourth-order valence-corrected chi connectivity index (χ4v) is 3.48. The number of amides is 1. The molecule has 0 aromatic heterocycles. The number of benzene rings is 1. The summed E-state index contributed by atoms with van der Waals surface area (Å²) in [5, 5.41) is 3.06. The van der Waals surface area contributed by atoms with Crippen molar-refractivity contribution >= 4 is 23.4 Å². The van der Waals surface area contributed by atoms with Gasteiger partial charge in [-0.2, -0.15) is 0 Å².